The third kappa shape index (κ3) is 4.69. The topological polar surface area (TPSA) is 55.2 Å². The first kappa shape index (κ1) is 21.6. The molecule has 0 unspecified atom stereocenters. The summed E-state index contributed by atoms with van der Waals surface area (Å²) in [7, 11) is 0. The van der Waals surface area contributed by atoms with Gasteiger partial charge in [0.05, 0.1) is 22.3 Å². The maximum atomic E-state index is 13.3. The summed E-state index contributed by atoms with van der Waals surface area (Å²) in [6.45, 7) is 4.18. The van der Waals surface area contributed by atoms with Crippen LogP contribution in [-0.4, -0.2) is 38.2 Å². The zero-order valence-electron chi connectivity index (χ0n) is 18.2. The zero-order valence-corrected chi connectivity index (χ0v) is 19.0. The SMILES string of the molecule is CC(C)N(C(=O)CSc1nc2ccccc2c(=O)n1-c1ccccc1)C1CCCCC1. The van der Waals surface area contributed by atoms with Crippen LogP contribution in [0.3, 0.4) is 0 Å². The summed E-state index contributed by atoms with van der Waals surface area (Å²) >= 11 is 1.35. The zero-order chi connectivity index (χ0) is 21.8. The molecule has 5 nitrogen and oxygen atoms in total. The number of carbonyl (C=O) groups excluding carboxylic acids is 1. The molecule has 0 aliphatic heterocycles. The van der Waals surface area contributed by atoms with Crippen molar-refractivity contribution in [2.75, 3.05) is 5.75 Å². The van der Waals surface area contributed by atoms with Crippen LogP contribution in [0.25, 0.3) is 16.6 Å². The van der Waals surface area contributed by atoms with Crippen molar-refractivity contribution in [3.8, 4) is 5.69 Å². The number of fused-ring (bicyclic) bond motifs is 1. The van der Waals surface area contributed by atoms with E-state index in [1.807, 2.05) is 48.5 Å². The summed E-state index contributed by atoms with van der Waals surface area (Å²) in [6.07, 6.45) is 5.80. The van der Waals surface area contributed by atoms with Crippen molar-refractivity contribution in [2.45, 2.75) is 63.2 Å². The van der Waals surface area contributed by atoms with E-state index in [-0.39, 0.29) is 23.3 Å². The summed E-state index contributed by atoms with van der Waals surface area (Å²) < 4.78 is 1.63. The normalized spacial score (nSPS) is 14.8. The van der Waals surface area contributed by atoms with E-state index in [1.54, 1.807) is 10.6 Å². The molecule has 1 amide bonds. The number of benzene rings is 2. The Balaban J connectivity index is 1.66. The Kier molecular flexibility index (Phi) is 6.76. The highest BCUT2D eigenvalue weighted by molar-refractivity contribution is 7.99. The second kappa shape index (κ2) is 9.69. The molecule has 162 valence electrons. The second-order valence-corrected chi connectivity index (χ2v) is 9.31. The van der Waals surface area contributed by atoms with Crippen LogP contribution in [0, 0.1) is 0 Å². The molecular formula is C25H29N3O2S. The lowest BCUT2D eigenvalue weighted by molar-refractivity contribution is -0.133. The molecule has 6 heteroatoms. The summed E-state index contributed by atoms with van der Waals surface area (Å²) in [6, 6.07) is 17.4. The molecule has 0 radical (unpaired) electrons. The average Bonchev–Trinajstić information content (AvgIpc) is 2.79. The highest BCUT2D eigenvalue weighted by atomic mass is 32.2. The van der Waals surface area contributed by atoms with Crippen LogP contribution in [-0.2, 0) is 4.79 Å². The van der Waals surface area contributed by atoms with Crippen LogP contribution in [0.1, 0.15) is 46.0 Å². The van der Waals surface area contributed by atoms with Gasteiger partial charge in [0, 0.05) is 12.1 Å². The quantitative estimate of drug-likeness (QED) is 0.402. The fraction of sp³-hybridized carbons (Fsp3) is 0.400. The third-order valence-electron chi connectivity index (χ3n) is 5.90. The van der Waals surface area contributed by atoms with Crippen LogP contribution in [0.5, 0.6) is 0 Å². The fourth-order valence-electron chi connectivity index (χ4n) is 4.49. The van der Waals surface area contributed by atoms with Crippen molar-refractivity contribution in [1.82, 2.24) is 14.5 Å². The van der Waals surface area contributed by atoms with Crippen LogP contribution < -0.4 is 5.56 Å². The van der Waals surface area contributed by atoms with Gasteiger partial charge in [-0.25, -0.2) is 4.98 Å². The van der Waals surface area contributed by atoms with Gasteiger partial charge in [0.1, 0.15) is 0 Å². The van der Waals surface area contributed by atoms with Gasteiger partial charge in [-0.2, -0.15) is 0 Å². The minimum atomic E-state index is -0.111. The number of aromatic nitrogens is 2. The lowest BCUT2D eigenvalue weighted by atomic mass is 9.93. The number of nitrogens with zero attached hydrogens (tertiary/aromatic N) is 3. The van der Waals surface area contributed by atoms with E-state index in [9.17, 15) is 9.59 Å². The number of amides is 1. The number of para-hydroxylation sites is 2. The fourth-order valence-corrected chi connectivity index (χ4v) is 5.37. The highest BCUT2D eigenvalue weighted by Crippen LogP contribution is 2.27. The van der Waals surface area contributed by atoms with E-state index in [1.165, 1.54) is 31.0 Å². The molecule has 1 aliphatic carbocycles. The third-order valence-corrected chi connectivity index (χ3v) is 6.82. The van der Waals surface area contributed by atoms with Crippen molar-refractivity contribution in [1.29, 1.82) is 0 Å². The standard InChI is InChI=1S/C25H29N3O2S/c1-18(2)27(19-11-5-3-6-12-19)23(29)17-31-25-26-22-16-10-9-15-21(22)24(30)28(25)20-13-7-4-8-14-20/h4,7-10,13-16,18-19H,3,5-6,11-12,17H2,1-2H3. The maximum Gasteiger partial charge on any atom is 0.266 e. The molecule has 1 heterocycles. The summed E-state index contributed by atoms with van der Waals surface area (Å²) in [5.74, 6) is 0.390. The Hall–Kier alpha value is -2.60. The molecular weight excluding hydrogens is 406 g/mol. The lowest BCUT2D eigenvalue weighted by Crippen LogP contribution is -2.46. The summed E-state index contributed by atoms with van der Waals surface area (Å²) in [5.41, 5.74) is 1.30. The Bertz CT molecular complexity index is 1100. The van der Waals surface area contributed by atoms with Gasteiger partial charge in [-0.15, -0.1) is 0 Å². The molecule has 0 atom stereocenters. The monoisotopic (exact) mass is 435 g/mol. The first-order chi connectivity index (χ1) is 15.1. The summed E-state index contributed by atoms with van der Waals surface area (Å²) in [5, 5.41) is 1.13. The lowest BCUT2D eigenvalue weighted by Gasteiger charge is -2.37. The molecule has 1 fully saturated rings. The van der Waals surface area contributed by atoms with Crippen molar-refractivity contribution in [2.24, 2.45) is 0 Å². The number of hydrogen-bond donors (Lipinski definition) is 0. The Morgan fingerprint density at radius 1 is 1.06 bits per heavy atom. The van der Waals surface area contributed by atoms with Gasteiger partial charge < -0.3 is 4.90 Å². The van der Waals surface area contributed by atoms with E-state index >= 15 is 0 Å². The molecule has 1 aromatic heterocycles. The van der Waals surface area contributed by atoms with Crippen molar-refractivity contribution >= 4 is 28.6 Å². The smallest absolute Gasteiger partial charge is 0.266 e. The molecule has 0 saturated heterocycles. The van der Waals surface area contributed by atoms with E-state index in [4.69, 9.17) is 4.98 Å². The Morgan fingerprint density at radius 2 is 1.74 bits per heavy atom. The van der Waals surface area contributed by atoms with Gasteiger partial charge >= 0.3 is 0 Å². The van der Waals surface area contributed by atoms with Crippen LogP contribution in [0.4, 0.5) is 0 Å². The second-order valence-electron chi connectivity index (χ2n) is 8.36. The van der Waals surface area contributed by atoms with E-state index in [2.05, 4.69) is 18.7 Å². The van der Waals surface area contributed by atoms with Gasteiger partial charge in [0.25, 0.3) is 5.56 Å². The molecule has 3 aromatic rings. The molecule has 31 heavy (non-hydrogen) atoms. The molecule has 0 bridgehead atoms. The number of rotatable bonds is 6. The minimum absolute atomic E-state index is 0.111. The van der Waals surface area contributed by atoms with E-state index in [0.29, 0.717) is 22.1 Å². The molecule has 4 rings (SSSR count). The number of hydrogen-bond acceptors (Lipinski definition) is 4. The molecule has 1 saturated carbocycles. The first-order valence-corrected chi connectivity index (χ1v) is 12.1. The highest BCUT2D eigenvalue weighted by Gasteiger charge is 2.28. The first-order valence-electron chi connectivity index (χ1n) is 11.1. The maximum absolute atomic E-state index is 13.3. The molecule has 0 N–H and O–H groups in total. The minimum Gasteiger partial charge on any atom is -0.337 e. The Morgan fingerprint density at radius 3 is 2.45 bits per heavy atom. The van der Waals surface area contributed by atoms with Gasteiger partial charge in [-0.05, 0) is 51.0 Å². The van der Waals surface area contributed by atoms with Crippen LogP contribution in [0.2, 0.25) is 0 Å². The van der Waals surface area contributed by atoms with Gasteiger partial charge in [0.15, 0.2) is 5.16 Å². The number of thioether (sulfide) groups is 1. The van der Waals surface area contributed by atoms with Crippen molar-refractivity contribution in [3.63, 3.8) is 0 Å². The van der Waals surface area contributed by atoms with Gasteiger partial charge in [-0.3, -0.25) is 14.2 Å². The number of carbonyl (C=O) groups is 1. The van der Waals surface area contributed by atoms with Gasteiger partial charge in [-0.1, -0.05) is 61.4 Å². The largest absolute Gasteiger partial charge is 0.337 e. The predicted molar refractivity (Wildman–Crippen MR) is 127 cm³/mol. The average molecular weight is 436 g/mol. The van der Waals surface area contributed by atoms with Crippen LogP contribution in [0.15, 0.2) is 64.5 Å². The van der Waals surface area contributed by atoms with E-state index < -0.39 is 0 Å². The Labute approximate surface area is 187 Å². The predicted octanol–water partition coefficient (Wildman–Crippen LogP) is 5.05. The van der Waals surface area contributed by atoms with Crippen LogP contribution >= 0.6 is 11.8 Å². The van der Waals surface area contributed by atoms with Crippen molar-refractivity contribution < 1.29 is 4.79 Å². The summed E-state index contributed by atoms with van der Waals surface area (Å²) in [4.78, 5) is 33.4. The molecule has 0 spiro atoms. The van der Waals surface area contributed by atoms with Gasteiger partial charge in [0.2, 0.25) is 5.91 Å². The molecule has 2 aromatic carbocycles. The van der Waals surface area contributed by atoms with Crippen molar-refractivity contribution in [3.05, 3.63) is 65.0 Å². The van der Waals surface area contributed by atoms with E-state index in [0.717, 1.165) is 18.5 Å². The molecule has 1 aliphatic rings.